The molecule has 20 heavy (non-hydrogen) atoms. The molecular weight excluding hydrogens is 254 g/mol. The molecule has 0 N–H and O–H groups in total. The van der Waals surface area contributed by atoms with Crippen LogP contribution in [0.3, 0.4) is 0 Å². The number of hydrogen-bond donors (Lipinski definition) is 0. The number of piperazine rings is 1. The topological polar surface area (TPSA) is 43.9 Å². The summed E-state index contributed by atoms with van der Waals surface area (Å²) in [7, 11) is 3.84. The summed E-state index contributed by atoms with van der Waals surface area (Å²) in [4.78, 5) is 30.8. The van der Waals surface area contributed by atoms with Crippen molar-refractivity contribution in [2.45, 2.75) is 33.6 Å². The zero-order valence-electron chi connectivity index (χ0n) is 13.6. The Hall–Kier alpha value is -1.10. The van der Waals surface area contributed by atoms with Gasteiger partial charge in [-0.05, 0) is 27.3 Å². The van der Waals surface area contributed by atoms with Gasteiger partial charge in [0, 0.05) is 39.8 Å². The first-order chi connectivity index (χ1) is 9.30. The lowest BCUT2D eigenvalue weighted by atomic mass is 9.89. The van der Waals surface area contributed by atoms with Gasteiger partial charge in [0.15, 0.2) is 0 Å². The molecule has 116 valence electrons. The standard InChI is InChI=1S/C15H29N3O2/c1-6-7-8-17(5)13(19)15(2,3)14(20)18-11-9-16(4)10-12-18/h6-12H2,1-5H3. The minimum absolute atomic E-state index is 0.0426. The molecule has 0 saturated carbocycles. The summed E-state index contributed by atoms with van der Waals surface area (Å²) < 4.78 is 0. The Labute approximate surface area is 122 Å². The predicted octanol–water partition coefficient (Wildman–Crippen LogP) is 1.05. The van der Waals surface area contributed by atoms with Gasteiger partial charge in [-0.15, -0.1) is 0 Å². The largest absolute Gasteiger partial charge is 0.345 e. The van der Waals surface area contributed by atoms with Gasteiger partial charge in [-0.2, -0.15) is 0 Å². The van der Waals surface area contributed by atoms with Crippen LogP contribution in [0.4, 0.5) is 0 Å². The van der Waals surface area contributed by atoms with E-state index in [1.54, 1.807) is 25.8 Å². The van der Waals surface area contributed by atoms with E-state index in [0.29, 0.717) is 13.1 Å². The molecule has 5 heteroatoms. The monoisotopic (exact) mass is 283 g/mol. The van der Waals surface area contributed by atoms with Crippen LogP contribution in [0.25, 0.3) is 0 Å². The van der Waals surface area contributed by atoms with Crippen molar-refractivity contribution < 1.29 is 9.59 Å². The fourth-order valence-corrected chi connectivity index (χ4v) is 2.47. The number of unbranched alkanes of at least 4 members (excludes halogenated alkanes) is 1. The quantitative estimate of drug-likeness (QED) is 0.708. The summed E-state index contributed by atoms with van der Waals surface area (Å²) >= 11 is 0. The van der Waals surface area contributed by atoms with E-state index in [1.165, 1.54) is 0 Å². The number of amides is 2. The van der Waals surface area contributed by atoms with Crippen molar-refractivity contribution in [2.24, 2.45) is 5.41 Å². The smallest absolute Gasteiger partial charge is 0.237 e. The SMILES string of the molecule is CCCCN(C)C(=O)C(C)(C)C(=O)N1CCN(C)CC1. The molecular formula is C15H29N3O2. The number of likely N-dealkylation sites (N-methyl/N-ethyl adjacent to an activating group) is 1. The van der Waals surface area contributed by atoms with Crippen LogP contribution in [-0.2, 0) is 9.59 Å². The Bertz CT molecular complexity index is 347. The minimum atomic E-state index is -0.960. The van der Waals surface area contributed by atoms with E-state index in [-0.39, 0.29) is 11.8 Å². The van der Waals surface area contributed by atoms with Gasteiger partial charge in [0.05, 0.1) is 0 Å². The molecule has 1 aliphatic heterocycles. The fourth-order valence-electron chi connectivity index (χ4n) is 2.47. The maximum atomic E-state index is 12.6. The van der Waals surface area contributed by atoms with Crippen molar-refractivity contribution >= 4 is 11.8 Å². The summed E-state index contributed by atoms with van der Waals surface area (Å²) in [5.74, 6) is -0.117. The molecule has 0 aromatic carbocycles. The van der Waals surface area contributed by atoms with Crippen molar-refractivity contribution in [3.63, 3.8) is 0 Å². The highest BCUT2D eigenvalue weighted by molar-refractivity contribution is 6.04. The second kappa shape index (κ2) is 7.07. The summed E-state index contributed by atoms with van der Waals surface area (Å²) in [6.07, 6.45) is 2.02. The molecule has 0 aliphatic carbocycles. The molecule has 0 unspecified atom stereocenters. The van der Waals surface area contributed by atoms with Crippen LogP contribution in [0.15, 0.2) is 0 Å². The molecule has 1 aliphatic rings. The maximum Gasteiger partial charge on any atom is 0.237 e. The van der Waals surface area contributed by atoms with Gasteiger partial charge in [0.2, 0.25) is 11.8 Å². The van der Waals surface area contributed by atoms with E-state index < -0.39 is 5.41 Å². The van der Waals surface area contributed by atoms with Gasteiger partial charge in [0.25, 0.3) is 0 Å². The molecule has 0 atom stereocenters. The lowest BCUT2D eigenvalue weighted by Crippen LogP contribution is -2.55. The summed E-state index contributed by atoms with van der Waals surface area (Å²) in [5.41, 5.74) is -0.960. The van der Waals surface area contributed by atoms with Crippen molar-refractivity contribution in [1.82, 2.24) is 14.7 Å². The second-order valence-corrected chi connectivity index (χ2v) is 6.30. The summed E-state index contributed by atoms with van der Waals surface area (Å²) in [6.45, 7) is 9.49. The van der Waals surface area contributed by atoms with Crippen LogP contribution in [0.5, 0.6) is 0 Å². The van der Waals surface area contributed by atoms with Gasteiger partial charge in [-0.25, -0.2) is 0 Å². The summed E-state index contributed by atoms with van der Waals surface area (Å²) in [6, 6.07) is 0. The molecule has 1 heterocycles. The van der Waals surface area contributed by atoms with Gasteiger partial charge in [-0.1, -0.05) is 13.3 Å². The predicted molar refractivity (Wildman–Crippen MR) is 80.4 cm³/mol. The third-order valence-electron chi connectivity index (χ3n) is 4.05. The van der Waals surface area contributed by atoms with E-state index >= 15 is 0 Å². The Morgan fingerprint density at radius 2 is 1.70 bits per heavy atom. The van der Waals surface area contributed by atoms with Crippen LogP contribution >= 0.6 is 0 Å². The van der Waals surface area contributed by atoms with E-state index in [0.717, 1.165) is 32.5 Å². The van der Waals surface area contributed by atoms with Gasteiger partial charge >= 0.3 is 0 Å². The van der Waals surface area contributed by atoms with E-state index in [2.05, 4.69) is 18.9 Å². The van der Waals surface area contributed by atoms with Crippen LogP contribution in [-0.4, -0.2) is 73.3 Å². The van der Waals surface area contributed by atoms with Crippen LogP contribution in [0.2, 0.25) is 0 Å². The summed E-state index contributed by atoms with van der Waals surface area (Å²) in [5, 5.41) is 0. The molecule has 0 radical (unpaired) electrons. The first-order valence-corrected chi connectivity index (χ1v) is 7.54. The Kier molecular flexibility index (Phi) is 5.99. The number of rotatable bonds is 5. The van der Waals surface area contributed by atoms with E-state index in [9.17, 15) is 9.59 Å². The lowest BCUT2D eigenvalue weighted by molar-refractivity contribution is -0.154. The Morgan fingerprint density at radius 1 is 1.15 bits per heavy atom. The number of carbonyl (C=O) groups is 2. The minimum Gasteiger partial charge on any atom is -0.345 e. The zero-order valence-corrected chi connectivity index (χ0v) is 13.6. The van der Waals surface area contributed by atoms with Gasteiger partial charge in [0.1, 0.15) is 5.41 Å². The van der Waals surface area contributed by atoms with Crippen molar-refractivity contribution in [3.8, 4) is 0 Å². The van der Waals surface area contributed by atoms with Crippen molar-refractivity contribution in [3.05, 3.63) is 0 Å². The fraction of sp³-hybridized carbons (Fsp3) is 0.867. The van der Waals surface area contributed by atoms with Crippen LogP contribution in [0, 0.1) is 5.41 Å². The van der Waals surface area contributed by atoms with Gasteiger partial charge in [-0.3, -0.25) is 9.59 Å². The average molecular weight is 283 g/mol. The molecule has 0 bridgehead atoms. The molecule has 2 amide bonds. The number of nitrogens with zero attached hydrogens (tertiary/aromatic N) is 3. The molecule has 1 fully saturated rings. The highest BCUT2D eigenvalue weighted by Gasteiger charge is 2.41. The zero-order chi connectivity index (χ0) is 15.3. The van der Waals surface area contributed by atoms with Crippen molar-refractivity contribution in [2.75, 3.05) is 46.8 Å². The molecule has 5 nitrogen and oxygen atoms in total. The lowest BCUT2D eigenvalue weighted by Gasteiger charge is -2.38. The third-order valence-corrected chi connectivity index (χ3v) is 4.05. The van der Waals surface area contributed by atoms with Crippen LogP contribution < -0.4 is 0 Å². The molecule has 0 aromatic rings. The maximum absolute atomic E-state index is 12.6. The van der Waals surface area contributed by atoms with Gasteiger partial charge < -0.3 is 14.7 Å². The Morgan fingerprint density at radius 3 is 2.20 bits per heavy atom. The molecule has 0 aromatic heterocycles. The first kappa shape index (κ1) is 17.0. The highest BCUT2D eigenvalue weighted by atomic mass is 16.2. The van der Waals surface area contributed by atoms with Crippen LogP contribution in [0.1, 0.15) is 33.6 Å². The molecule has 1 rings (SSSR count). The first-order valence-electron chi connectivity index (χ1n) is 7.54. The Balaban J connectivity index is 2.66. The van der Waals surface area contributed by atoms with Crippen molar-refractivity contribution in [1.29, 1.82) is 0 Å². The number of carbonyl (C=O) groups excluding carboxylic acids is 2. The number of hydrogen-bond acceptors (Lipinski definition) is 3. The third kappa shape index (κ3) is 3.95. The normalized spacial score (nSPS) is 17.1. The molecule has 1 saturated heterocycles. The molecule has 0 spiro atoms. The van der Waals surface area contributed by atoms with E-state index in [4.69, 9.17) is 0 Å². The second-order valence-electron chi connectivity index (χ2n) is 6.30. The van der Waals surface area contributed by atoms with E-state index in [1.807, 2.05) is 4.90 Å². The highest BCUT2D eigenvalue weighted by Crippen LogP contribution is 2.23. The average Bonchev–Trinajstić information content (AvgIpc) is 2.43.